The molecule has 2 atom stereocenters. The lowest BCUT2D eigenvalue weighted by Gasteiger charge is -2.22. The molecule has 0 amide bonds. The number of carbonyl (C=O) groups excluding carboxylic acids is 3. The lowest BCUT2D eigenvalue weighted by atomic mass is 9.88. The molecule has 0 N–H and O–H groups in total. The van der Waals surface area contributed by atoms with Crippen molar-refractivity contribution in [3.05, 3.63) is 0 Å². The van der Waals surface area contributed by atoms with Gasteiger partial charge in [0.05, 0.1) is 19.8 Å². The predicted molar refractivity (Wildman–Crippen MR) is 67.4 cm³/mol. The average molecular weight is 274 g/mol. The first-order valence-corrected chi connectivity index (χ1v) is 6.38. The summed E-state index contributed by atoms with van der Waals surface area (Å²) in [6.45, 7) is 5.19. The molecule has 0 aromatic carbocycles. The minimum absolute atomic E-state index is 0.0615. The van der Waals surface area contributed by atoms with Crippen LogP contribution in [0, 0.1) is 11.8 Å². The van der Waals surface area contributed by atoms with Crippen LogP contribution in [0.3, 0.4) is 0 Å². The summed E-state index contributed by atoms with van der Waals surface area (Å²) in [6, 6.07) is 0. The van der Waals surface area contributed by atoms with E-state index in [0.717, 1.165) is 0 Å². The number of methoxy groups -OCH3 is 1. The maximum atomic E-state index is 11.9. The molecule has 0 bridgehead atoms. The number of Topliss-reactive ketones (excluding diaryl/α,β-unsaturated/α-hetero) is 1. The van der Waals surface area contributed by atoms with Crippen molar-refractivity contribution in [2.75, 3.05) is 26.9 Å². The Balaban J connectivity index is 5.17. The van der Waals surface area contributed by atoms with Gasteiger partial charge in [0.15, 0.2) is 0 Å². The van der Waals surface area contributed by atoms with Gasteiger partial charge in [0.1, 0.15) is 17.6 Å². The highest BCUT2D eigenvalue weighted by atomic mass is 16.5. The number of rotatable bonds is 9. The van der Waals surface area contributed by atoms with E-state index < -0.39 is 23.8 Å². The molecule has 0 saturated heterocycles. The Hall–Kier alpha value is -1.43. The third-order valence-corrected chi connectivity index (χ3v) is 2.57. The van der Waals surface area contributed by atoms with E-state index in [1.165, 1.54) is 7.11 Å². The van der Waals surface area contributed by atoms with E-state index in [4.69, 9.17) is 14.2 Å². The summed E-state index contributed by atoms with van der Waals surface area (Å²) in [5.74, 6) is -3.80. The van der Waals surface area contributed by atoms with E-state index >= 15 is 0 Å². The molecule has 0 radical (unpaired) electrons. The van der Waals surface area contributed by atoms with Crippen LogP contribution < -0.4 is 0 Å². The van der Waals surface area contributed by atoms with Crippen molar-refractivity contribution in [2.24, 2.45) is 11.8 Å². The Bertz CT molecular complexity index is 312. The van der Waals surface area contributed by atoms with Crippen molar-refractivity contribution >= 4 is 17.7 Å². The van der Waals surface area contributed by atoms with E-state index in [9.17, 15) is 14.4 Å². The summed E-state index contributed by atoms with van der Waals surface area (Å²) >= 11 is 0. The van der Waals surface area contributed by atoms with Crippen LogP contribution in [-0.4, -0.2) is 44.7 Å². The van der Waals surface area contributed by atoms with Crippen molar-refractivity contribution in [1.29, 1.82) is 0 Å². The first kappa shape index (κ1) is 17.6. The zero-order chi connectivity index (χ0) is 14.8. The van der Waals surface area contributed by atoms with Gasteiger partial charge in [-0.3, -0.25) is 14.4 Å². The van der Waals surface area contributed by atoms with Gasteiger partial charge >= 0.3 is 11.9 Å². The molecule has 0 aliphatic heterocycles. The highest BCUT2D eigenvalue weighted by molar-refractivity contribution is 6.02. The SMILES string of the molecule is CCOC(=O)[C@@H](C(=O)CC)[C@@H](COC)C(=O)OCC. The Labute approximate surface area is 113 Å². The highest BCUT2D eigenvalue weighted by Gasteiger charge is 2.40. The third-order valence-electron chi connectivity index (χ3n) is 2.57. The number of hydrogen-bond acceptors (Lipinski definition) is 6. The molecular formula is C13H22O6. The first-order chi connectivity index (χ1) is 9.03. The molecule has 0 aliphatic carbocycles. The molecule has 6 nitrogen and oxygen atoms in total. The number of ketones is 1. The van der Waals surface area contributed by atoms with Gasteiger partial charge in [-0.1, -0.05) is 6.92 Å². The van der Waals surface area contributed by atoms with Crippen molar-refractivity contribution in [3.8, 4) is 0 Å². The summed E-state index contributed by atoms with van der Waals surface area (Å²) in [5, 5.41) is 0. The number of carbonyl (C=O) groups is 3. The van der Waals surface area contributed by atoms with E-state index in [-0.39, 0.29) is 32.0 Å². The number of hydrogen-bond donors (Lipinski definition) is 0. The summed E-state index contributed by atoms with van der Waals surface area (Å²) < 4.78 is 14.7. The van der Waals surface area contributed by atoms with Crippen LogP contribution in [0.5, 0.6) is 0 Å². The Kier molecular flexibility index (Phi) is 8.78. The van der Waals surface area contributed by atoms with Crippen molar-refractivity contribution in [1.82, 2.24) is 0 Å². The number of ether oxygens (including phenoxy) is 3. The topological polar surface area (TPSA) is 78.9 Å². The fraction of sp³-hybridized carbons (Fsp3) is 0.769. The van der Waals surface area contributed by atoms with Crippen LogP contribution in [-0.2, 0) is 28.6 Å². The molecule has 110 valence electrons. The van der Waals surface area contributed by atoms with Gasteiger partial charge < -0.3 is 14.2 Å². The van der Waals surface area contributed by atoms with Crippen molar-refractivity contribution in [2.45, 2.75) is 27.2 Å². The number of esters is 2. The van der Waals surface area contributed by atoms with Gasteiger partial charge in [-0.2, -0.15) is 0 Å². The fourth-order valence-electron chi connectivity index (χ4n) is 1.70. The standard InChI is InChI=1S/C13H22O6/c1-5-10(14)11(13(16)19-7-3)9(8-17-4)12(15)18-6-2/h9,11H,5-8H2,1-4H3/t9-,11-/m1/s1. The largest absolute Gasteiger partial charge is 0.466 e. The fourth-order valence-corrected chi connectivity index (χ4v) is 1.70. The summed E-state index contributed by atoms with van der Waals surface area (Å²) in [5.41, 5.74) is 0. The van der Waals surface area contributed by atoms with E-state index in [1.807, 2.05) is 0 Å². The third kappa shape index (κ3) is 5.38. The molecule has 0 heterocycles. The molecule has 0 saturated carbocycles. The lowest BCUT2D eigenvalue weighted by Crippen LogP contribution is -2.40. The molecule has 0 unspecified atom stereocenters. The molecule has 0 fully saturated rings. The van der Waals surface area contributed by atoms with Crippen LogP contribution in [0.25, 0.3) is 0 Å². The lowest BCUT2D eigenvalue weighted by molar-refractivity contribution is -0.165. The Morgan fingerprint density at radius 1 is 0.947 bits per heavy atom. The molecule has 6 heteroatoms. The Morgan fingerprint density at radius 2 is 1.47 bits per heavy atom. The zero-order valence-corrected chi connectivity index (χ0v) is 11.9. The summed E-state index contributed by atoms with van der Waals surface area (Å²) in [4.78, 5) is 35.6. The minimum atomic E-state index is -1.16. The second-order valence-electron chi connectivity index (χ2n) is 3.86. The molecule has 0 spiro atoms. The maximum absolute atomic E-state index is 11.9. The van der Waals surface area contributed by atoms with Gasteiger partial charge in [0.2, 0.25) is 0 Å². The van der Waals surface area contributed by atoms with Crippen LogP contribution >= 0.6 is 0 Å². The molecule has 0 rings (SSSR count). The van der Waals surface area contributed by atoms with Gasteiger partial charge in [-0.05, 0) is 13.8 Å². The smallest absolute Gasteiger partial charge is 0.317 e. The van der Waals surface area contributed by atoms with Gasteiger partial charge in [0, 0.05) is 13.5 Å². The molecular weight excluding hydrogens is 252 g/mol. The van der Waals surface area contributed by atoms with Crippen molar-refractivity contribution in [3.63, 3.8) is 0 Å². The van der Waals surface area contributed by atoms with Gasteiger partial charge in [-0.25, -0.2) is 0 Å². The first-order valence-electron chi connectivity index (χ1n) is 6.38. The van der Waals surface area contributed by atoms with Crippen molar-refractivity contribution < 1.29 is 28.6 Å². The highest BCUT2D eigenvalue weighted by Crippen LogP contribution is 2.19. The minimum Gasteiger partial charge on any atom is -0.466 e. The average Bonchev–Trinajstić information content (AvgIpc) is 2.38. The van der Waals surface area contributed by atoms with Crippen LogP contribution in [0.15, 0.2) is 0 Å². The summed E-state index contributed by atoms with van der Waals surface area (Å²) in [7, 11) is 1.39. The maximum Gasteiger partial charge on any atom is 0.317 e. The van der Waals surface area contributed by atoms with Gasteiger partial charge in [-0.15, -0.1) is 0 Å². The molecule has 0 aromatic heterocycles. The quantitative estimate of drug-likeness (QED) is 0.460. The monoisotopic (exact) mass is 274 g/mol. The van der Waals surface area contributed by atoms with Gasteiger partial charge in [0.25, 0.3) is 0 Å². The normalized spacial score (nSPS) is 13.5. The second kappa shape index (κ2) is 9.49. The molecule has 19 heavy (non-hydrogen) atoms. The van der Waals surface area contributed by atoms with E-state index in [2.05, 4.69) is 0 Å². The Morgan fingerprint density at radius 3 is 1.89 bits per heavy atom. The molecule has 0 aliphatic rings. The predicted octanol–water partition coefficient (Wildman–Crippen LogP) is 0.970. The van der Waals surface area contributed by atoms with E-state index in [0.29, 0.717) is 0 Å². The van der Waals surface area contributed by atoms with Crippen LogP contribution in [0.1, 0.15) is 27.2 Å². The zero-order valence-electron chi connectivity index (χ0n) is 11.9. The van der Waals surface area contributed by atoms with E-state index in [1.54, 1.807) is 20.8 Å². The summed E-state index contributed by atoms with van der Waals surface area (Å²) in [6.07, 6.45) is 0.142. The van der Waals surface area contributed by atoms with Crippen LogP contribution in [0.2, 0.25) is 0 Å². The molecule has 0 aromatic rings. The second-order valence-corrected chi connectivity index (χ2v) is 3.86. The van der Waals surface area contributed by atoms with Crippen LogP contribution in [0.4, 0.5) is 0 Å².